The van der Waals surface area contributed by atoms with Gasteiger partial charge in [-0.05, 0) is 44.0 Å². The summed E-state index contributed by atoms with van der Waals surface area (Å²) < 4.78 is 6.04. The fourth-order valence-corrected chi connectivity index (χ4v) is 3.44. The van der Waals surface area contributed by atoms with Gasteiger partial charge in [-0.1, -0.05) is 30.7 Å². The van der Waals surface area contributed by atoms with Crippen molar-refractivity contribution >= 4 is 0 Å². The molecule has 0 aromatic heterocycles. The molecule has 1 N–H and O–H groups in total. The molecule has 0 bridgehead atoms. The van der Waals surface area contributed by atoms with E-state index in [1.165, 1.54) is 30.4 Å². The number of hydrogen-bond donors (Lipinski definition) is 1. The van der Waals surface area contributed by atoms with Crippen LogP contribution in [0.25, 0.3) is 0 Å². The van der Waals surface area contributed by atoms with Crippen molar-refractivity contribution in [3.8, 4) is 0 Å². The first-order valence-corrected chi connectivity index (χ1v) is 7.86. The quantitative estimate of drug-likeness (QED) is 0.913. The average molecular weight is 274 g/mol. The third kappa shape index (κ3) is 2.76. The lowest BCUT2D eigenvalue weighted by Gasteiger charge is -2.37. The minimum absolute atomic E-state index is 0.250. The number of rotatable bonds is 4. The summed E-state index contributed by atoms with van der Waals surface area (Å²) in [5.74, 6) is 0.767. The zero-order chi connectivity index (χ0) is 13.9. The van der Waals surface area contributed by atoms with E-state index in [1.54, 1.807) is 0 Å². The molecule has 0 radical (unpaired) electrons. The predicted molar refractivity (Wildman–Crippen MR) is 82.1 cm³/mol. The molecule has 1 aliphatic carbocycles. The highest BCUT2D eigenvalue weighted by Gasteiger charge is 2.31. The van der Waals surface area contributed by atoms with Gasteiger partial charge in [0, 0.05) is 13.1 Å². The van der Waals surface area contributed by atoms with E-state index in [4.69, 9.17) is 4.74 Å². The van der Waals surface area contributed by atoms with Gasteiger partial charge in [-0.25, -0.2) is 0 Å². The van der Waals surface area contributed by atoms with Crippen LogP contribution in [0.3, 0.4) is 0 Å². The Kier molecular flexibility index (Phi) is 4.39. The summed E-state index contributed by atoms with van der Waals surface area (Å²) in [7, 11) is 4.24. The molecule has 1 saturated carbocycles. The zero-order valence-corrected chi connectivity index (χ0v) is 12.6. The van der Waals surface area contributed by atoms with Crippen LogP contribution < -0.4 is 5.32 Å². The number of benzene rings is 1. The molecule has 1 aromatic carbocycles. The summed E-state index contributed by atoms with van der Waals surface area (Å²) in [5.41, 5.74) is 2.98. The van der Waals surface area contributed by atoms with Crippen molar-refractivity contribution in [2.24, 2.45) is 0 Å². The first-order chi connectivity index (χ1) is 9.79. The lowest BCUT2D eigenvalue weighted by molar-refractivity contribution is -0.0382. The highest BCUT2D eigenvalue weighted by Crippen LogP contribution is 2.40. The number of ether oxygens (including phenoxy) is 1. The van der Waals surface area contributed by atoms with E-state index in [0.29, 0.717) is 6.04 Å². The largest absolute Gasteiger partial charge is 0.374 e. The number of nitrogens with one attached hydrogen (secondary N) is 1. The molecule has 2 unspecified atom stereocenters. The summed E-state index contributed by atoms with van der Waals surface area (Å²) in [6, 6.07) is 9.24. The van der Waals surface area contributed by atoms with Gasteiger partial charge < -0.3 is 15.0 Å². The summed E-state index contributed by atoms with van der Waals surface area (Å²) in [6.45, 7) is 2.88. The second-order valence-electron chi connectivity index (χ2n) is 6.19. The van der Waals surface area contributed by atoms with Gasteiger partial charge in [0.2, 0.25) is 0 Å². The molecule has 3 nitrogen and oxygen atoms in total. The fourth-order valence-electron chi connectivity index (χ4n) is 3.44. The minimum Gasteiger partial charge on any atom is -0.374 e. The van der Waals surface area contributed by atoms with Crippen molar-refractivity contribution in [2.75, 3.05) is 33.8 Å². The Labute approximate surface area is 122 Å². The lowest BCUT2D eigenvalue weighted by Crippen LogP contribution is -2.46. The van der Waals surface area contributed by atoms with Crippen LogP contribution in [-0.4, -0.2) is 44.8 Å². The Bertz CT molecular complexity index is 444. The van der Waals surface area contributed by atoms with Crippen LogP contribution >= 0.6 is 0 Å². The van der Waals surface area contributed by atoms with E-state index in [0.717, 1.165) is 25.6 Å². The molecule has 1 saturated heterocycles. The van der Waals surface area contributed by atoms with Crippen molar-refractivity contribution in [1.82, 2.24) is 10.2 Å². The van der Waals surface area contributed by atoms with E-state index in [9.17, 15) is 0 Å². The summed E-state index contributed by atoms with van der Waals surface area (Å²) in [5, 5.41) is 3.50. The molecule has 0 amide bonds. The van der Waals surface area contributed by atoms with Crippen LogP contribution in [0, 0.1) is 0 Å². The van der Waals surface area contributed by atoms with Crippen LogP contribution in [0.4, 0.5) is 0 Å². The molecule has 3 rings (SSSR count). The topological polar surface area (TPSA) is 24.5 Å². The van der Waals surface area contributed by atoms with Gasteiger partial charge in [-0.2, -0.15) is 0 Å². The summed E-state index contributed by atoms with van der Waals surface area (Å²) >= 11 is 0. The maximum absolute atomic E-state index is 6.04. The van der Waals surface area contributed by atoms with Gasteiger partial charge in [0.25, 0.3) is 0 Å². The van der Waals surface area contributed by atoms with Crippen molar-refractivity contribution < 1.29 is 4.74 Å². The molecule has 1 aromatic rings. The number of nitrogens with zero attached hydrogens (tertiary/aromatic N) is 1. The number of likely N-dealkylation sites (N-methyl/N-ethyl adjacent to an activating group) is 2. The number of morpholine rings is 1. The van der Waals surface area contributed by atoms with Crippen LogP contribution in [0.15, 0.2) is 24.3 Å². The highest BCUT2D eigenvalue weighted by molar-refractivity contribution is 5.35. The average Bonchev–Trinajstić information content (AvgIpc) is 2.40. The minimum atomic E-state index is 0.250. The maximum Gasteiger partial charge on any atom is 0.0896 e. The smallest absolute Gasteiger partial charge is 0.0896 e. The molecule has 2 fully saturated rings. The Balaban J connectivity index is 1.84. The molecule has 2 aliphatic rings. The maximum atomic E-state index is 6.04. The van der Waals surface area contributed by atoms with Gasteiger partial charge in [0.15, 0.2) is 0 Å². The third-order valence-corrected chi connectivity index (χ3v) is 4.86. The molecule has 0 spiro atoms. The van der Waals surface area contributed by atoms with Gasteiger partial charge in [-0.3, -0.25) is 0 Å². The predicted octanol–water partition coefficient (Wildman–Crippen LogP) is 2.55. The van der Waals surface area contributed by atoms with Gasteiger partial charge >= 0.3 is 0 Å². The molecular formula is C17H26N2O. The van der Waals surface area contributed by atoms with Crippen LogP contribution in [0.5, 0.6) is 0 Å². The third-order valence-electron chi connectivity index (χ3n) is 4.86. The Morgan fingerprint density at radius 1 is 1.30 bits per heavy atom. The van der Waals surface area contributed by atoms with E-state index in [2.05, 4.69) is 48.6 Å². The van der Waals surface area contributed by atoms with Crippen molar-refractivity contribution in [3.63, 3.8) is 0 Å². The van der Waals surface area contributed by atoms with Crippen LogP contribution in [0.1, 0.15) is 42.3 Å². The van der Waals surface area contributed by atoms with E-state index in [1.807, 2.05) is 0 Å². The molecule has 1 aliphatic heterocycles. The van der Waals surface area contributed by atoms with Crippen molar-refractivity contribution in [1.29, 1.82) is 0 Å². The number of hydrogen-bond acceptors (Lipinski definition) is 3. The first-order valence-electron chi connectivity index (χ1n) is 7.86. The Hall–Kier alpha value is -0.900. The molecule has 3 heteroatoms. The Morgan fingerprint density at radius 2 is 2.10 bits per heavy atom. The first kappa shape index (κ1) is 14.1. The molecule has 1 heterocycles. The standard InChI is InChI=1S/C17H26N2O/c1-18-17(16-12-19(2)10-11-20-16)15-9-4-3-8-14(15)13-6-5-7-13/h3-4,8-9,13,16-18H,5-7,10-12H2,1-2H3. The molecule has 110 valence electrons. The SMILES string of the molecule is CNC(c1ccccc1C1CCC1)C1CN(C)CCO1. The normalized spacial score (nSPS) is 26.2. The van der Waals surface area contributed by atoms with Gasteiger partial charge in [0.1, 0.15) is 0 Å². The Morgan fingerprint density at radius 3 is 2.75 bits per heavy atom. The van der Waals surface area contributed by atoms with E-state index < -0.39 is 0 Å². The van der Waals surface area contributed by atoms with Crippen LogP contribution in [-0.2, 0) is 4.74 Å². The molecule has 2 atom stereocenters. The highest BCUT2D eigenvalue weighted by atomic mass is 16.5. The van der Waals surface area contributed by atoms with Gasteiger partial charge in [-0.15, -0.1) is 0 Å². The van der Waals surface area contributed by atoms with E-state index in [-0.39, 0.29) is 6.10 Å². The zero-order valence-electron chi connectivity index (χ0n) is 12.6. The molecular weight excluding hydrogens is 248 g/mol. The van der Waals surface area contributed by atoms with Gasteiger partial charge in [0.05, 0.1) is 18.8 Å². The second kappa shape index (κ2) is 6.25. The lowest BCUT2D eigenvalue weighted by atomic mass is 9.76. The molecule has 20 heavy (non-hydrogen) atoms. The van der Waals surface area contributed by atoms with E-state index >= 15 is 0 Å². The monoisotopic (exact) mass is 274 g/mol. The second-order valence-corrected chi connectivity index (χ2v) is 6.19. The van der Waals surface area contributed by atoms with Crippen molar-refractivity contribution in [2.45, 2.75) is 37.3 Å². The summed E-state index contributed by atoms with van der Waals surface area (Å²) in [4.78, 5) is 2.37. The fraction of sp³-hybridized carbons (Fsp3) is 0.647. The van der Waals surface area contributed by atoms with Crippen LogP contribution in [0.2, 0.25) is 0 Å². The summed E-state index contributed by atoms with van der Waals surface area (Å²) in [6.07, 6.45) is 4.32. The van der Waals surface area contributed by atoms with Crippen molar-refractivity contribution in [3.05, 3.63) is 35.4 Å².